The third kappa shape index (κ3) is 8.83. The smallest absolute Gasteiger partial charge is 0.407 e. The van der Waals surface area contributed by atoms with Crippen LogP contribution in [0.5, 0.6) is 0 Å². The van der Waals surface area contributed by atoms with E-state index in [9.17, 15) is 18.0 Å². The highest BCUT2D eigenvalue weighted by molar-refractivity contribution is 7.92. The molecule has 2 aromatic carbocycles. The number of methoxy groups -OCH3 is 1. The lowest BCUT2D eigenvalue weighted by atomic mass is 9.57. The zero-order valence-electron chi connectivity index (χ0n) is 34.3. The number of carbonyl (C=O) groups excluding carboxylic acids is 2. The second-order valence-electron chi connectivity index (χ2n) is 18.0. The number of alkyl carbamates (subject to hydrolysis) is 1. The lowest BCUT2D eigenvalue weighted by molar-refractivity contribution is -0.129. The molecule has 1 saturated carbocycles. The summed E-state index contributed by atoms with van der Waals surface area (Å²) in [6, 6.07) is 14.6. The molecule has 0 unspecified atom stereocenters. The average Bonchev–Trinajstić information content (AvgIpc) is 3.64. The van der Waals surface area contributed by atoms with Crippen molar-refractivity contribution in [2.24, 2.45) is 17.8 Å². The van der Waals surface area contributed by atoms with Crippen molar-refractivity contribution in [3.8, 4) is 0 Å². The van der Waals surface area contributed by atoms with Gasteiger partial charge in [-0.2, -0.15) is 0 Å². The summed E-state index contributed by atoms with van der Waals surface area (Å²) in [5.41, 5.74) is 1.84. The Balaban J connectivity index is 0.839. The van der Waals surface area contributed by atoms with Gasteiger partial charge < -0.3 is 29.7 Å². The highest BCUT2D eigenvalue weighted by Gasteiger charge is 2.53. The predicted molar refractivity (Wildman–Crippen MR) is 224 cm³/mol. The van der Waals surface area contributed by atoms with Gasteiger partial charge in [-0.3, -0.25) is 9.69 Å². The first-order chi connectivity index (χ1) is 28.1. The fraction of sp³-hybridized carbons (Fsp3) is 0.644. The molecule has 316 valence electrons. The lowest BCUT2D eigenvalue weighted by Gasteiger charge is -2.54. The van der Waals surface area contributed by atoms with Gasteiger partial charge in [-0.1, -0.05) is 31.1 Å². The first-order valence-electron chi connectivity index (χ1n) is 21.9. The Morgan fingerprint density at radius 3 is 2.24 bits per heavy atom. The molecule has 0 bridgehead atoms. The van der Waals surface area contributed by atoms with Crippen LogP contribution in [0.1, 0.15) is 63.4 Å². The number of likely N-dealkylation sites (tertiary alicyclic amines) is 4. The van der Waals surface area contributed by atoms with E-state index in [2.05, 4.69) is 31.0 Å². The van der Waals surface area contributed by atoms with Crippen LogP contribution in [0.15, 0.2) is 65.6 Å². The van der Waals surface area contributed by atoms with Gasteiger partial charge in [-0.15, -0.1) is 0 Å². The van der Waals surface area contributed by atoms with E-state index in [0.29, 0.717) is 16.7 Å². The van der Waals surface area contributed by atoms with Crippen molar-refractivity contribution < 1.29 is 27.1 Å². The van der Waals surface area contributed by atoms with Crippen LogP contribution >= 0.6 is 0 Å². The van der Waals surface area contributed by atoms with Gasteiger partial charge >= 0.3 is 6.09 Å². The van der Waals surface area contributed by atoms with Gasteiger partial charge in [0.05, 0.1) is 12.0 Å². The van der Waals surface area contributed by atoms with E-state index in [1.807, 2.05) is 24.3 Å². The summed E-state index contributed by atoms with van der Waals surface area (Å²) in [7, 11) is -2.10. The van der Waals surface area contributed by atoms with E-state index in [1.54, 1.807) is 35.2 Å². The fourth-order valence-electron chi connectivity index (χ4n) is 11.0. The summed E-state index contributed by atoms with van der Waals surface area (Å²) >= 11 is 0. The highest BCUT2D eigenvalue weighted by atomic mass is 32.2. The number of sulfone groups is 1. The summed E-state index contributed by atoms with van der Waals surface area (Å²) < 4.78 is 46.9. The summed E-state index contributed by atoms with van der Waals surface area (Å²) in [4.78, 5) is 36.9. The van der Waals surface area contributed by atoms with Gasteiger partial charge in [0.2, 0.25) is 5.91 Å². The predicted octanol–water partition coefficient (Wildman–Crippen LogP) is 5.17. The number of nitrogens with one attached hydrogen (secondary N) is 1. The van der Waals surface area contributed by atoms with Crippen molar-refractivity contribution in [2.75, 3.05) is 97.1 Å². The van der Waals surface area contributed by atoms with Crippen LogP contribution in [-0.2, 0) is 24.8 Å². The third-order valence-corrected chi connectivity index (χ3v) is 16.6. The van der Waals surface area contributed by atoms with Crippen molar-refractivity contribution in [1.29, 1.82) is 0 Å². The van der Waals surface area contributed by atoms with Crippen LogP contribution in [0.3, 0.4) is 0 Å². The first-order valence-corrected chi connectivity index (χ1v) is 23.5. The average molecular weight is 819 g/mol. The number of halogens is 1. The molecular weight excluding hydrogens is 756 g/mol. The van der Waals surface area contributed by atoms with Crippen LogP contribution in [0.4, 0.5) is 14.9 Å². The topological polar surface area (TPSA) is 106 Å². The van der Waals surface area contributed by atoms with Crippen LogP contribution in [0, 0.1) is 23.6 Å². The molecule has 3 atom stereocenters. The molecule has 2 aromatic rings. The molecule has 2 amide bonds. The summed E-state index contributed by atoms with van der Waals surface area (Å²) in [5.74, 6) is 0.778. The monoisotopic (exact) mass is 818 g/mol. The minimum atomic E-state index is -3.52. The molecule has 0 spiro atoms. The normalized spacial score (nSPS) is 25.6. The maximum absolute atomic E-state index is 15.0. The number of rotatable bonds is 14. The Kier molecular flexibility index (Phi) is 12.8. The Bertz CT molecular complexity index is 1870. The molecule has 58 heavy (non-hydrogen) atoms. The second kappa shape index (κ2) is 18.0. The molecule has 0 radical (unpaired) electrons. The van der Waals surface area contributed by atoms with E-state index < -0.39 is 15.1 Å². The number of amides is 2. The number of anilines is 1. The second-order valence-corrected chi connectivity index (χ2v) is 20.2. The SMILES string of the molecule is COC(=O)N[C@H]1CCC[C@@H]1[C@](CN1CCC1)(c1cccc(F)c1)C1CCN(CC2CN(c3ccc(S(=O)(=O)C4CN(C(=O)/C=C/CN5CCCCC5)C4)cc3)C2)CC1. The molecule has 11 nitrogen and oxygen atoms in total. The molecule has 8 rings (SSSR count). The number of nitrogens with zero attached hydrogens (tertiary/aromatic N) is 5. The van der Waals surface area contributed by atoms with Crippen LogP contribution < -0.4 is 10.2 Å². The summed E-state index contributed by atoms with van der Waals surface area (Å²) in [5, 5.41) is 2.62. The zero-order chi connectivity index (χ0) is 40.3. The van der Waals surface area contributed by atoms with Gasteiger partial charge in [0.25, 0.3) is 0 Å². The Hall–Kier alpha value is -3.52. The molecule has 1 aliphatic carbocycles. The standard InChI is InChI=1S/C45H63FN6O5S/c1-57-44(54)47-42-12-6-11-41(42)45(33-50-23-8-24-50,36-9-5-10-37(46)27-36)35-18-25-49(26-19-35)28-34-29-51(30-34)38-14-16-39(17-15-38)58(55,56)40-31-52(32-40)43(53)13-7-22-48-20-3-2-4-21-48/h5,7,9-10,13-17,27,34-35,40-42H,2-4,6,8,11-12,18-26,28-33H2,1H3,(H,47,54)/b13-7+/t41-,42-,45-/m0/s1. The van der Waals surface area contributed by atoms with Gasteiger partial charge in [-0.25, -0.2) is 17.6 Å². The largest absolute Gasteiger partial charge is 0.453 e. The van der Waals surface area contributed by atoms with Crippen molar-refractivity contribution >= 4 is 27.5 Å². The third-order valence-electron chi connectivity index (χ3n) is 14.5. The number of hydrogen-bond acceptors (Lipinski definition) is 9. The quantitative estimate of drug-likeness (QED) is 0.259. The van der Waals surface area contributed by atoms with E-state index in [-0.39, 0.29) is 48.3 Å². The zero-order valence-corrected chi connectivity index (χ0v) is 35.1. The summed E-state index contributed by atoms with van der Waals surface area (Å²) in [6.45, 7) is 11.3. The van der Waals surface area contributed by atoms with E-state index in [0.717, 1.165) is 115 Å². The number of benzene rings is 2. The number of ether oxygens (including phenoxy) is 1. The fourth-order valence-corrected chi connectivity index (χ4v) is 12.7. The maximum Gasteiger partial charge on any atom is 0.407 e. The van der Waals surface area contributed by atoms with Crippen molar-refractivity contribution in [3.63, 3.8) is 0 Å². The minimum absolute atomic E-state index is 0.00831. The van der Waals surface area contributed by atoms with Crippen molar-refractivity contribution in [1.82, 2.24) is 24.9 Å². The Labute approximate surface area is 344 Å². The Morgan fingerprint density at radius 2 is 1.57 bits per heavy atom. The summed E-state index contributed by atoms with van der Waals surface area (Å²) in [6.07, 6.45) is 13.0. The molecule has 0 aromatic heterocycles. The molecule has 1 N–H and O–H groups in total. The molecule has 13 heteroatoms. The molecule has 6 fully saturated rings. The highest BCUT2D eigenvalue weighted by Crippen LogP contribution is 2.51. The van der Waals surface area contributed by atoms with Gasteiger partial charge in [0.15, 0.2) is 9.84 Å². The number of carbonyl (C=O) groups is 2. The first kappa shape index (κ1) is 41.2. The van der Waals surface area contributed by atoms with Crippen molar-refractivity contribution in [3.05, 3.63) is 72.1 Å². The van der Waals surface area contributed by atoms with E-state index in [4.69, 9.17) is 4.74 Å². The molecule has 5 heterocycles. The van der Waals surface area contributed by atoms with Gasteiger partial charge in [0.1, 0.15) is 11.1 Å². The molecular formula is C45H63FN6O5S. The lowest BCUT2D eigenvalue weighted by Crippen LogP contribution is -2.60. The molecule has 6 aliphatic rings. The van der Waals surface area contributed by atoms with E-state index in [1.165, 1.54) is 32.8 Å². The maximum atomic E-state index is 15.0. The van der Waals surface area contributed by atoms with Crippen LogP contribution in [0.2, 0.25) is 0 Å². The Morgan fingerprint density at radius 1 is 0.845 bits per heavy atom. The van der Waals surface area contributed by atoms with E-state index >= 15 is 4.39 Å². The van der Waals surface area contributed by atoms with Gasteiger partial charge in [0, 0.05) is 75.0 Å². The number of piperidine rings is 2. The number of hydrogen-bond donors (Lipinski definition) is 1. The van der Waals surface area contributed by atoms with Gasteiger partial charge in [-0.05, 0) is 138 Å². The van der Waals surface area contributed by atoms with Crippen LogP contribution in [-0.4, -0.2) is 144 Å². The molecule has 5 saturated heterocycles. The van der Waals surface area contributed by atoms with Crippen LogP contribution in [0.25, 0.3) is 0 Å². The van der Waals surface area contributed by atoms with Crippen molar-refractivity contribution in [2.45, 2.75) is 79.4 Å². The minimum Gasteiger partial charge on any atom is -0.453 e. The molecule has 5 aliphatic heterocycles.